The second-order valence-electron chi connectivity index (χ2n) is 10.6. The molecule has 3 rings (SSSR count). The average molecular weight is 432 g/mol. The van der Waals surface area contributed by atoms with E-state index >= 15 is 0 Å². The SMILES string of the molecule is COc1ccccc1-c1ccccc1N(C)Cc1cc(C(C)(C)C)cc(C(C)(C)C)c1O. The Morgan fingerprint density at radius 2 is 1.41 bits per heavy atom. The molecule has 0 aliphatic carbocycles. The van der Waals surface area contributed by atoms with E-state index < -0.39 is 0 Å². The maximum absolute atomic E-state index is 11.2. The summed E-state index contributed by atoms with van der Waals surface area (Å²) in [6.45, 7) is 13.7. The van der Waals surface area contributed by atoms with Crippen molar-refractivity contribution in [3.8, 4) is 22.6 Å². The molecule has 0 amide bonds. The lowest BCUT2D eigenvalue weighted by atomic mass is 9.79. The Kier molecular flexibility index (Phi) is 6.59. The molecule has 1 N–H and O–H groups in total. The van der Waals surface area contributed by atoms with Gasteiger partial charge in [0.15, 0.2) is 0 Å². The van der Waals surface area contributed by atoms with Crippen LogP contribution in [0.25, 0.3) is 11.1 Å². The average Bonchev–Trinajstić information content (AvgIpc) is 2.73. The zero-order chi connectivity index (χ0) is 23.7. The third-order valence-electron chi connectivity index (χ3n) is 5.98. The molecule has 0 saturated heterocycles. The molecule has 170 valence electrons. The third kappa shape index (κ3) is 4.93. The summed E-state index contributed by atoms with van der Waals surface area (Å²) in [6, 6.07) is 20.8. The van der Waals surface area contributed by atoms with E-state index in [9.17, 15) is 5.11 Å². The third-order valence-corrected chi connectivity index (χ3v) is 5.98. The number of hydrogen-bond acceptors (Lipinski definition) is 3. The first-order chi connectivity index (χ1) is 14.9. The van der Waals surface area contributed by atoms with Gasteiger partial charge in [0.25, 0.3) is 0 Å². The van der Waals surface area contributed by atoms with Crippen molar-refractivity contribution in [2.45, 2.75) is 58.9 Å². The summed E-state index contributed by atoms with van der Waals surface area (Å²) in [5.41, 5.74) is 6.28. The fraction of sp³-hybridized carbons (Fsp3) is 0.379. The monoisotopic (exact) mass is 431 g/mol. The minimum Gasteiger partial charge on any atom is -0.507 e. The fourth-order valence-electron chi connectivity index (χ4n) is 4.06. The van der Waals surface area contributed by atoms with Gasteiger partial charge in [0.2, 0.25) is 0 Å². The van der Waals surface area contributed by atoms with Crippen LogP contribution in [0.2, 0.25) is 0 Å². The molecule has 0 atom stereocenters. The first kappa shape index (κ1) is 23.7. The minimum absolute atomic E-state index is 0.00364. The summed E-state index contributed by atoms with van der Waals surface area (Å²) in [4.78, 5) is 2.20. The number of rotatable bonds is 5. The highest BCUT2D eigenvalue weighted by molar-refractivity contribution is 5.82. The maximum atomic E-state index is 11.2. The van der Waals surface area contributed by atoms with Gasteiger partial charge in [-0.25, -0.2) is 0 Å². The summed E-state index contributed by atoms with van der Waals surface area (Å²) in [5, 5.41) is 11.2. The van der Waals surface area contributed by atoms with Gasteiger partial charge < -0.3 is 14.7 Å². The van der Waals surface area contributed by atoms with Crippen molar-refractivity contribution in [2.24, 2.45) is 0 Å². The Hall–Kier alpha value is -2.94. The molecule has 0 spiro atoms. The summed E-state index contributed by atoms with van der Waals surface area (Å²) in [5.74, 6) is 1.24. The van der Waals surface area contributed by atoms with E-state index in [-0.39, 0.29) is 10.8 Å². The van der Waals surface area contributed by atoms with Gasteiger partial charge in [-0.05, 0) is 40.2 Å². The highest BCUT2D eigenvalue weighted by Gasteiger charge is 2.25. The van der Waals surface area contributed by atoms with Crippen LogP contribution in [-0.4, -0.2) is 19.3 Å². The lowest BCUT2D eigenvalue weighted by molar-refractivity contribution is 0.416. The predicted octanol–water partition coefficient (Wildman–Crippen LogP) is 7.30. The number of aromatic hydroxyl groups is 1. The second-order valence-corrected chi connectivity index (χ2v) is 10.6. The van der Waals surface area contributed by atoms with Gasteiger partial charge in [-0.15, -0.1) is 0 Å². The normalized spacial score (nSPS) is 12.0. The van der Waals surface area contributed by atoms with E-state index in [1.54, 1.807) is 7.11 Å². The van der Waals surface area contributed by atoms with Crippen LogP contribution < -0.4 is 9.64 Å². The van der Waals surface area contributed by atoms with Crippen LogP contribution in [0.3, 0.4) is 0 Å². The quantitative estimate of drug-likeness (QED) is 0.460. The molecule has 0 radical (unpaired) electrons. The van der Waals surface area contributed by atoms with Crippen molar-refractivity contribution in [3.63, 3.8) is 0 Å². The molecular formula is C29H37NO2. The molecular weight excluding hydrogens is 394 g/mol. The zero-order valence-corrected chi connectivity index (χ0v) is 20.8. The zero-order valence-electron chi connectivity index (χ0n) is 20.8. The Balaban J connectivity index is 2.08. The van der Waals surface area contributed by atoms with Crippen LogP contribution in [0.5, 0.6) is 11.5 Å². The van der Waals surface area contributed by atoms with Crippen molar-refractivity contribution < 1.29 is 9.84 Å². The highest BCUT2D eigenvalue weighted by atomic mass is 16.5. The van der Waals surface area contributed by atoms with Crippen LogP contribution in [0.1, 0.15) is 58.2 Å². The number of phenolic OH excluding ortho intramolecular Hbond substituents is 1. The summed E-state index contributed by atoms with van der Waals surface area (Å²) >= 11 is 0. The Morgan fingerprint density at radius 3 is 2.00 bits per heavy atom. The van der Waals surface area contributed by atoms with Gasteiger partial charge in [-0.1, -0.05) is 84.0 Å². The minimum atomic E-state index is -0.145. The largest absolute Gasteiger partial charge is 0.507 e. The van der Waals surface area contributed by atoms with E-state index in [4.69, 9.17) is 4.74 Å². The van der Waals surface area contributed by atoms with Crippen LogP contribution in [0.4, 0.5) is 5.69 Å². The Morgan fingerprint density at radius 1 is 0.812 bits per heavy atom. The molecule has 0 aliphatic heterocycles. The number of benzene rings is 3. The fourth-order valence-corrected chi connectivity index (χ4v) is 4.06. The highest BCUT2D eigenvalue weighted by Crippen LogP contribution is 2.40. The van der Waals surface area contributed by atoms with Gasteiger partial charge in [0.1, 0.15) is 11.5 Å². The van der Waals surface area contributed by atoms with E-state index in [1.807, 2.05) is 18.2 Å². The van der Waals surface area contributed by atoms with Crippen molar-refractivity contribution >= 4 is 5.69 Å². The van der Waals surface area contributed by atoms with Crippen LogP contribution in [0.15, 0.2) is 60.7 Å². The number of nitrogens with zero attached hydrogens (tertiary/aromatic N) is 1. The van der Waals surface area contributed by atoms with Crippen LogP contribution >= 0.6 is 0 Å². The van der Waals surface area contributed by atoms with Gasteiger partial charge in [0.05, 0.1) is 7.11 Å². The van der Waals surface area contributed by atoms with Crippen molar-refractivity contribution in [1.29, 1.82) is 0 Å². The number of hydrogen-bond donors (Lipinski definition) is 1. The van der Waals surface area contributed by atoms with E-state index in [0.717, 1.165) is 33.7 Å². The van der Waals surface area contributed by atoms with E-state index in [0.29, 0.717) is 12.3 Å². The topological polar surface area (TPSA) is 32.7 Å². The Bertz CT molecular complexity index is 1090. The molecule has 0 aliphatic rings. The van der Waals surface area contributed by atoms with Gasteiger partial charge in [-0.2, -0.15) is 0 Å². The molecule has 0 aromatic heterocycles. The Labute approximate surface area is 193 Å². The molecule has 3 aromatic rings. The number of methoxy groups -OCH3 is 1. The summed E-state index contributed by atoms with van der Waals surface area (Å²) < 4.78 is 5.62. The van der Waals surface area contributed by atoms with Gasteiger partial charge >= 0.3 is 0 Å². The standard InChI is InChI=1S/C29H37NO2/c1-28(2,3)21-17-20(27(31)24(18-21)29(4,5)6)19-30(7)25-15-11-9-13-22(25)23-14-10-12-16-26(23)32-8/h9-18,31H,19H2,1-8H3. The molecule has 0 saturated carbocycles. The molecule has 3 nitrogen and oxygen atoms in total. The molecule has 0 unspecified atom stereocenters. The molecule has 32 heavy (non-hydrogen) atoms. The van der Waals surface area contributed by atoms with Crippen molar-refractivity contribution in [1.82, 2.24) is 0 Å². The van der Waals surface area contributed by atoms with E-state index in [2.05, 4.69) is 96.0 Å². The maximum Gasteiger partial charge on any atom is 0.126 e. The number of phenols is 1. The number of para-hydroxylation sites is 2. The number of anilines is 1. The van der Waals surface area contributed by atoms with Crippen LogP contribution in [-0.2, 0) is 17.4 Å². The number of ether oxygens (including phenoxy) is 1. The molecule has 0 fully saturated rings. The van der Waals surface area contributed by atoms with Crippen molar-refractivity contribution in [3.05, 3.63) is 77.4 Å². The lowest BCUT2D eigenvalue weighted by Gasteiger charge is -2.29. The smallest absolute Gasteiger partial charge is 0.126 e. The predicted molar refractivity (Wildman–Crippen MR) is 136 cm³/mol. The first-order valence-electron chi connectivity index (χ1n) is 11.2. The summed E-state index contributed by atoms with van der Waals surface area (Å²) in [6.07, 6.45) is 0. The molecule has 3 heteroatoms. The van der Waals surface area contributed by atoms with Gasteiger partial charge in [-0.3, -0.25) is 0 Å². The molecule has 3 aromatic carbocycles. The molecule has 0 bridgehead atoms. The molecule has 0 heterocycles. The lowest BCUT2D eigenvalue weighted by Crippen LogP contribution is -2.21. The second kappa shape index (κ2) is 8.90. The van der Waals surface area contributed by atoms with E-state index in [1.165, 1.54) is 5.56 Å². The van der Waals surface area contributed by atoms with Gasteiger partial charge in [0, 0.05) is 36.0 Å². The first-order valence-corrected chi connectivity index (χ1v) is 11.2. The van der Waals surface area contributed by atoms with Crippen molar-refractivity contribution in [2.75, 3.05) is 19.1 Å². The summed E-state index contributed by atoms with van der Waals surface area (Å²) in [7, 11) is 3.78. The van der Waals surface area contributed by atoms with Crippen LogP contribution in [0, 0.1) is 0 Å².